The molecule has 4 rings (SSSR count). The molecule has 0 aliphatic heterocycles. The standard InChI is InChI=1S/C31H28O6/c1-34-30-24(14-18-29(31(30)35-2)37-21-23-11-7-4-8-12-23)13-17-27(32)26-16-15-25(19-28(26)33)36-20-22-9-5-3-6-10-22/h3-19,33H,20-21H2,1-2H3/b17-13+. The van der Waals surface area contributed by atoms with Crippen LogP contribution in [-0.4, -0.2) is 25.1 Å². The van der Waals surface area contributed by atoms with E-state index in [4.69, 9.17) is 18.9 Å². The summed E-state index contributed by atoms with van der Waals surface area (Å²) < 4.78 is 22.8. The molecule has 0 bridgehead atoms. The number of benzene rings is 4. The lowest BCUT2D eigenvalue weighted by Gasteiger charge is -2.16. The van der Waals surface area contributed by atoms with Crippen molar-refractivity contribution < 1.29 is 28.8 Å². The van der Waals surface area contributed by atoms with E-state index in [0.29, 0.717) is 41.8 Å². The van der Waals surface area contributed by atoms with Gasteiger partial charge in [0.25, 0.3) is 0 Å². The van der Waals surface area contributed by atoms with Crippen LogP contribution in [0.25, 0.3) is 6.08 Å². The minimum absolute atomic E-state index is 0.158. The predicted octanol–water partition coefficient (Wildman–Crippen LogP) is 6.46. The van der Waals surface area contributed by atoms with Gasteiger partial charge in [-0.25, -0.2) is 0 Å². The van der Waals surface area contributed by atoms with E-state index < -0.39 is 0 Å². The van der Waals surface area contributed by atoms with Gasteiger partial charge >= 0.3 is 0 Å². The van der Waals surface area contributed by atoms with Crippen molar-refractivity contribution >= 4 is 11.9 Å². The van der Waals surface area contributed by atoms with E-state index in [9.17, 15) is 9.90 Å². The average Bonchev–Trinajstić information content (AvgIpc) is 2.94. The number of carbonyl (C=O) groups excluding carboxylic acids is 1. The second-order valence-corrected chi connectivity index (χ2v) is 8.14. The van der Waals surface area contributed by atoms with Gasteiger partial charge in [0.15, 0.2) is 17.3 Å². The van der Waals surface area contributed by atoms with E-state index in [1.807, 2.05) is 60.7 Å². The highest BCUT2D eigenvalue weighted by molar-refractivity contribution is 6.08. The van der Waals surface area contributed by atoms with Crippen molar-refractivity contribution in [3.63, 3.8) is 0 Å². The number of aromatic hydroxyl groups is 1. The van der Waals surface area contributed by atoms with E-state index in [1.165, 1.54) is 26.4 Å². The van der Waals surface area contributed by atoms with Gasteiger partial charge in [-0.3, -0.25) is 4.79 Å². The molecule has 0 radical (unpaired) electrons. The second-order valence-electron chi connectivity index (χ2n) is 8.14. The highest BCUT2D eigenvalue weighted by Gasteiger charge is 2.16. The van der Waals surface area contributed by atoms with Crippen LogP contribution in [0.3, 0.4) is 0 Å². The number of rotatable bonds is 11. The molecule has 0 fully saturated rings. The molecular formula is C31H28O6. The van der Waals surface area contributed by atoms with Gasteiger partial charge in [-0.05, 0) is 47.5 Å². The average molecular weight is 497 g/mol. The van der Waals surface area contributed by atoms with Gasteiger partial charge in [0, 0.05) is 11.6 Å². The van der Waals surface area contributed by atoms with Crippen LogP contribution >= 0.6 is 0 Å². The van der Waals surface area contributed by atoms with E-state index in [2.05, 4.69) is 0 Å². The Morgan fingerprint density at radius 2 is 1.38 bits per heavy atom. The maximum Gasteiger partial charge on any atom is 0.203 e. The third-order valence-corrected chi connectivity index (χ3v) is 5.65. The van der Waals surface area contributed by atoms with E-state index in [1.54, 1.807) is 30.3 Å². The van der Waals surface area contributed by atoms with Crippen LogP contribution in [0.1, 0.15) is 27.0 Å². The number of phenols is 1. The summed E-state index contributed by atoms with van der Waals surface area (Å²) in [6, 6.07) is 27.7. The molecular weight excluding hydrogens is 468 g/mol. The number of methoxy groups -OCH3 is 2. The number of ether oxygens (including phenoxy) is 4. The zero-order valence-electron chi connectivity index (χ0n) is 20.7. The van der Waals surface area contributed by atoms with Gasteiger partial charge in [0.1, 0.15) is 24.7 Å². The fourth-order valence-corrected chi connectivity index (χ4v) is 3.75. The van der Waals surface area contributed by atoms with Gasteiger partial charge < -0.3 is 24.1 Å². The van der Waals surface area contributed by atoms with Crippen LogP contribution in [0.15, 0.2) is 97.1 Å². The van der Waals surface area contributed by atoms with Crippen molar-refractivity contribution in [2.24, 2.45) is 0 Å². The third kappa shape index (κ3) is 6.49. The SMILES string of the molecule is COc1c(/C=C/C(=O)c2ccc(OCc3ccccc3)cc2O)ccc(OCc2ccccc2)c1OC. The molecule has 6 heteroatoms. The molecule has 0 heterocycles. The molecule has 6 nitrogen and oxygen atoms in total. The minimum atomic E-state index is -0.363. The minimum Gasteiger partial charge on any atom is -0.507 e. The van der Waals surface area contributed by atoms with Crippen molar-refractivity contribution in [3.05, 3.63) is 119 Å². The van der Waals surface area contributed by atoms with Crippen LogP contribution in [0, 0.1) is 0 Å². The molecule has 0 aliphatic rings. The molecule has 0 saturated carbocycles. The van der Waals surface area contributed by atoms with Gasteiger partial charge in [-0.15, -0.1) is 0 Å². The Kier molecular flexibility index (Phi) is 8.45. The van der Waals surface area contributed by atoms with Gasteiger partial charge in [-0.2, -0.15) is 0 Å². The van der Waals surface area contributed by atoms with Crippen LogP contribution in [0.5, 0.6) is 28.7 Å². The molecule has 4 aromatic carbocycles. The van der Waals surface area contributed by atoms with Gasteiger partial charge in [-0.1, -0.05) is 60.7 Å². The largest absolute Gasteiger partial charge is 0.507 e. The summed E-state index contributed by atoms with van der Waals surface area (Å²) in [6.07, 6.45) is 2.99. The lowest BCUT2D eigenvalue weighted by atomic mass is 10.1. The van der Waals surface area contributed by atoms with Crippen molar-refractivity contribution in [2.45, 2.75) is 13.2 Å². The smallest absolute Gasteiger partial charge is 0.203 e. The summed E-state index contributed by atoms with van der Waals surface area (Å²) in [5.41, 5.74) is 2.82. The Labute approximate surface area is 216 Å². The monoisotopic (exact) mass is 496 g/mol. The molecule has 37 heavy (non-hydrogen) atoms. The molecule has 4 aromatic rings. The van der Waals surface area contributed by atoms with E-state index in [0.717, 1.165) is 11.1 Å². The Bertz CT molecular complexity index is 1360. The van der Waals surface area contributed by atoms with E-state index in [-0.39, 0.29) is 17.1 Å². The number of allylic oxidation sites excluding steroid dienone is 1. The first-order valence-corrected chi connectivity index (χ1v) is 11.7. The molecule has 188 valence electrons. The molecule has 0 aliphatic carbocycles. The fourth-order valence-electron chi connectivity index (χ4n) is 3.75. The number of phenolic OH excluding ortho intramolecular Hbond substituents is 1. The molecule has 1 N–H and O–H groups in total. The van der Waals surface area contributed by atoms with Gasteiger partial charge in [0.2, 0.25) is 5.75 Å². The molecule has 0 atom stereocenters. The lowest BCUT2D eigenvalue weighted by molar-refractivity contribution is 0.104. The first-order chi connectivity index (χ1) is 18.1. The van der Waals surface area contributed by atoms with Crippen LogP contribution in [-0.2, 0) is 13.2 Å². The van der Waals surface area contributed by atoms with Crippen LogP contribution < -0.4 is 18.9 Å². The molecule has 0 aromatic heterocycles. The first kappa shape index (κ1) is 25.4. The molecule has 0 unspecified atom stereocenters. The van der Waals surface area contributed by atoms with Gasteiger partial charge in [0.05, 0.1) is 19.8 Å². The summed E-state index contributed by atoms with van der Waals surface area (Å²) in [4.78, 5) is 12.8. The Morgan fingerprint density at radius 1 is 0.757 bits per heavy atom. The highest BCUT2D eigenvalue weighted by Crippen LogP contribution is 2.41. The summed E-state index contributed by atoms with van der Waals surface area (Å²) in [5, 5.41) is 10.4. The van der Waals surface area contributed by atoms with Crippen molar-refractivity contribution in [2.75, 3.05) is 14.2 Å². The van der Waals surface area contributed by atoms with Crippen molar-refractivity contribution in [1.82, 2.24) is 0 Å². The predicted molar refractivity (Wildman–Crippen MR) is 143 cm³/mol. The summed E-state index contributed by atoms with van der Waals surface area (Å²) in [7, 11) is 3.06. The quantitative estimate of drug-likeness (QED) is 0.190. The van der Waals surface area contributed by atoms with Crippen molar-refractivity contribution in [3.8, 4) is 28.7 Å². The second kappa shape index (κ2) is 12.3. The number of carbonyl (C=O) groups is 1. The maximum absolute atomic E-state index is 12.8. The number of hydrogen-bond donors (Lipinski definition) is 1. The molecule has 0 amide bonds. The Hall–Kier alpha value is -4.71. The van der Waals surface area contributed by atoms with Crippen molar-refractivity contribution in [1.29, 1.82) is 0 Å². The first-order valence-electron chi connectivity index (χ1n) is 11.7. The molecule has 0 spiro atoms. The number of hydrogen-bond acceptors (Lipinski definition) is 6. The normalized spacial score (nSPS) is 10.8. The zero-order chi connectivity index (χ0) is 26.0. The third-order valence-electron chi connectivity index (χ3n) is 5.65. The maximum atomic E-state index is 12.8. The summed E-state index contributed by atoms with van der Waals surface area (Å²) in [6.45, 7) is 0.735. The topological polar surface area (TPSA) is 74.2 Å². The zero-order valence-corrected chi connectivity index (χ0v) is 20.7. The number of ketones is 1. The summed E-state index contributed by atoms with van der Waals surface area (Å²) >= 11 is 0. The fraction of sp³-hybridized carbons (Fsp3) is 0.129. The van der Waals surface area contributed by atoms with Crippen LogP contribution in [0.2, 0.25) is 0 Å². The lowest BCUT2D eigenvalue weighted by Crippen LogP contribution is -2.01. The van der Waals surface area contributed by atoms with Crippen LogP contribution in [0.4, 0.5) is 0 Å². The highest BCUT2D eigenvalue weighted by atomic mass is 16.5. The van der Waals surface area contributed by atoms with E-state index >= 15 is 0 Å². The molecule has 0 saturated heterocycles. The Morgan fingerprint density at radius 3 is 1.97 bits per heavy atom. The summed E-state index contributed by atoms with van der Waals surface area (Å²) in [5.74, 6) is 1.34. The Balaban J connectivity index is 1.46.